The Balaban J connectivity index is 2.30. The molecule has 0 amide bonds. The van der Waals surface area contributed by atoms with Crippen LogP contribution in [0.5, 0.6) is 0 Å². The molecule has 0 aromatic carbocycles. The number of aryl methyl sites for hydroxylation is 1. The molecule has 2 heterocycles. The number of carboxylic acid groups (broad SMARTS) is 1. The van der Waals surface area contributed by atoms with Gasteiger partial charge in [0.2, 0.25) is 0 Å². The van der Waals surface area contributed by atoms with Gasteiger partial charge in [-0.2, -0.15) is 0 Å². The van der Waals surface area contributed by atoms with Crippen molar-refractivity contribution < 1.29 is 9.90 Å². The minimum atomic E-state index is -1.06. The van der Waals surface area contributed by atoms with E-state index in [1.165, 1.54) is 24.0 Å². The van der Waals surface area contributed by atoms with E-state index in [1.54, 1.807) is 4.57 Å². The molecule has 2 aromatic rings. The van der Waals surface area contributed by atoms with Crippen LogP contribution in [0.15, 0.2) is 22.4 Å². The average molecular weight is 285 g/mol. The summed E-state index contributed by atoms with van der Waals surface area (Å²) in [6.07, 6.45) is 1.26. The summed E-state index contributed by atoms with van der Waals surface area (Å²) in [7, 11) is 1.83. The molecular formula is C10H9ClN4O2S. The van der Waals surface area contributed by atoms with Crippen LogP contribution >= 0.6 is 23.4 Å². The highest BCUT2D eigenvalue weighted by molar-refractivity contribution is 7.99. The first-order chi connectivity index (χ1) is 8.49. The first-order valence-electron chi connectivity index (χ1n) is 4.91. The third-order valence-corrected chi connectivity index (χ3v) is 3.75. The summed E-state index contributed by atoms with van der Waals surface area (Å²) in [5.41, 5.74) is 0.0542. The van der Waals surface area contributed by atoms with E-state index in [4.69, 9.17) is 16.7 Å². The van der Waals surface area contributed by atoms with Gasteiger partial charge in [0.15, 0.2) is 5.16 Å². The summed E-state index contributed by atoms with van der Waals surface area (Å²) in [6, 6.07) is 1.36. The van der Waals surface area contributed by atoms with Crippen molar-refractivity contribution in [3.05, 3.63) is 28.7 Å². The highest BCUT2D eigenvalue weighted by Crippen LogP contribution is 2.30. The molecule has 0 aliphatic rings. The van der Waals surface area contributed by atoms with Crippen LogP contribution in [-0.2, 0) is 7.05 Å². The van der Waals surface area contributed by atoms with Gasteiger partial charge in [0, 0.05) is 13.2 Å². The predicted octanol–water partition coefficient (Wildman–Crippen LogP) is 2.02. The third kappa shape index (κ3) is 2.46. The van der Waals surface area contributed by atoms with Crippen LogP contribution in [0.25, 0.3) is 0 Å². The first-order valence-corrected chi connectivity index (χ1v) is 6.11. The van der Waals surface area contributed by atoms with E-state index >= 15 is 0 Å². The second-order valence-corrected chi connectivity index (χ2v) is 4.87. The number of aromatic carboxylic acids is 1. The minimum Gasteiger partial charge on any atom is -0.478 e. The molecule has 8 heteroatoms. The summed E-state index contributed by atoms with van der Waals surface area (Å²) in [5.74, 6) is -0.286. The Hall–Kier alpha value is -1.60. The van der Waals surface area contributed by atoms with Crippen LogP contribution in [0.1, 0.15) is 16.2 Å². The van der Waals surface area contributed by atoms with Crippen LogP contribution in [-0.4, -0.2) is 30.8 Å². The average Bonchev–Trinajstić information content (AvgIpc) is 2.63. The second kappa shape index (κ2) is 4.95. The number of halogens is 1. The van der Waals surface area contributed by atoms with Gasteiger partial charge in [-0.3, -0.25) is 0 Å². The molecule has 0 unspecified atom stereocenters. The van der Waals surface area contributed by atoms with Gasteiger partial charge in [0.25, 0.3) is 0 Å². The fourth-order valence-corrected chi connectivity index (χ4v) is 2.25. The molecule has 0 aliphatic carbocycles. The molecule has 18 heavy (non-hydrogen) atoms. The Labute approximate surface area is 112 Å². The summed E-state index contributed by atoms with van der Waals surface area (Å²) in [6.45, 7) is 1.83. The normalized spacial score (nSPS) is 10.6. The van der Waals surface area contributed by atoms with Crippen LogP contribution in [0, 0.1) is 6.92 Å². The van der Waals surface area contributed by atoms with E-state index in [-0.39, 0.29) is 10.6 Å². The Kier molecular flexibility index (Phi) is 3.53. The summed E-state index contributed by atoms with van der Waals surface area (Å²) in [5, 5.41) is 18.1. The Bertz CT molecular complexity index is 614. The van der Waals surface area contributed by atoms with Crippen molar-refractivity contribution in [2.24, 2.45) is 7.05 Å². The monoisotopic (exact) mass is 284 g/mol. The molecular weight excluding hydrogens is 276 g/mol. The van der Waals surface area contributed by atoms with Gasteiger partial charge in [0.1, 0.15) is 10.9 Å². The number of carbonyl (C=O) groups is 1. The summed E-state index contributed by atoms with van der Waals surface area (Å²) < 4.78 is 1.80. The number of pyridine rings is 1. The van der Waals surface area contributed by atoms with Crippen molar-refractivity contribution in [2.45, 2.75) is 17.1 Å². The quantitative estimate of drug-likeness (QED) is 0.929. The number of carboxylic acids is 1. The smallest absolute Gasteiger partial charge is 0.337 e. The van der Waals surface area contributed by atoms with Crippen LogP contribution < -0.4 is 0 Å². The van der Waals surface area contributed by atoms with Gasteiger partial charge in [-0.25, -0.2) is 9.78 Å². The topological polar surface area (TPSA) is 80.9 Å². The lowest BCUT2D eigenvalue weighted by Gasteiger charge is -2.03. The van der Waals surface area contributed by atoms with Gasteiger partial charge < -0.3 is 9.67 Å². The van der Waals surface area contributed by atoms with E-state index in [0.717, 1.165) is 5.82 Å². The Morgan fingerprint density at radius 1 is 1.50 bits per heavy atom. The van der Waals surface area contributed by atoms with Crippen LogP contribution in [0.4, 0.5) is 0 Å². The summed E-state index contributed by atoms with van der Waals surface area (Å²) >= 11 is 7.21. The van der Waals surface area contributed by atoms with Gasteiger partial charge >= 0.3 is 5.97 Å². The van der Waals surface area contributed by atoms with E-state index in [9.17, 15) is 4.79 Å². The fourth-order valence-electron chi connectivity index (χ4n) is 1.18. The second-order valence-electron chi connectivity index (χ2n) is 3.51. The number of hydrogen-bond acceptors (Lipinski definition) is 5. The predicted molar refractivity (Wildman–Crippen MR) is 66.1 cm³/mol. The van der Waals surface area contributed by atoms with Crippen molar-refractivity contribution in [2.75, 3.05) is 0 Å². The number of hydrogen-bond donors (Lipinski definition) is 1. The zero-order chi connectivity index (χ0) is 13.3. The fraction of sp³-hybridized carbons (Fsp3) is 0.200. The maximum atomic E-state index is 10.7. The molecule has 6 nitrogen and oxygen atoms in total. The first kappa shape index (κ1) is 12.8. The molecule has 0 saturated carbocycles. The van der Waals surface area contributed by atoms with Crippen molar-refractivity contribution in [1.29, 1.82) is 0 Å². The van der Waals surface area contributed by atoms with E-state index in [1.807, 2.05) is 14.0 Å². The molecule has 0 bridgehead atoms. The van der Waals surface area contributed by atoms with Crippen LogP contribution in [0.3, 0.4) is 0 Å². The third-order valence-electron chi connectivity index (χ3n) is 2.29. The maximum Gasteiger partial charge on any atom is 0.337 e. The van der Waals surface area contributed by atoms with E-state index in [2.05, 4.69) is 15.2 Å². The molecule has 0 spiro atoms. The van der Waals surface area contributed by atoms with Crippen molar-refractivity contribution in [3.8, 4) is 0 Å². The standard InChI is InChI=1S/C10H9ClN4O2S/c1-5-13-14-10(15(5)2)18-8-7(11)3-6(4-12-8)9(16)17/h3-4H,1-2H3,(H,16,17). The molecule has 2 aromatic heterocycles. The zero-order valence-corrected chi connectivity index (χ0v) is 11.2. The van der Waals surface area contributed by atoms with Crippen molar-refractivity contribution >= 4 is 29.3 Å². The summed E-state index contributed by atoms with van der Waals surface area (Å²) in [4.78, 5) is 14.8. The number of rotatable bonds is 3. The van der Waals surface area contributed by atoms with Gasteiger partial charge in [-0.05, 0) is 24.8 Å². The van der Waals surface area contributed by atoms with Crippen molar-refractivity contribution in [1.82, 2.24) is 19.7 Å². The lowest BCUT2D eigenvalue weighted by Crippen LogP contribution is -1.98. The maximum absolute atomic E-state index is 10.7. The molecule has 2 rings (SSSR count). The molecule has 0 fully saturated rings. The molecule has 0 atom stereocenters. The largest absolute Gasteiger partial charge is 0.478 e. The van der Waals surface area contributed by atoms with Gasteiger partial charge in [0.05, 0.1) is 10.6 Å². The molecule has 0 saturated heterocycles. The molecule has 1 N–H and O–H groups in total. The molecule has 94 valence electrons. The van der Waals surface area contributed by atoms with Crippen LogP contribution in [0.2, 0.25) is 5.02 Å². The zero-order valence-electron chi connectivity index (χ0n) is 9.59. The molecule has 0 radical (unpaired) electrons. The lowest BCUT2D eigenvalue weighted by atomic mass is 10.3. The highest BCUT2D eigenvalue weighted by Gasteiger charge is 2.13. The van der Waals surface area contributed by atoms with E-state index in [0.29, 0.717) is 10.2 Å². The Morgan fingerprint density at radius 3 is 2.72 bits per heavy atom. The Morgan fingerprint density at radius 2 is 2.22 bits per heavy atom. The van der Waals surface area contributed by atoms with Crippen molar-refractivity contribution in [3.63, 3.8) is 0 Å². The number of nitrogens with zero attached hydrogens (tertiary/aromatic N) is 4. The SMILES string of the molecule is Cc1nnc(Sc2ncc(C(=O)O)cc2Cl)n1C. The van der Waals surface area contributed by atoms with Gasteiger partial charge in [-0.1, -0.05) is 11.6 Å². The molecule has 0 aliphatic heterocycles. The number of aromatic nitrogens is 4. The van der Waals surface area contributed by atoms with Gasteiger partial charge in [-0.15, -0.1) is 10.2 Å². The van der Waals surface area contributed by atoms with E-state index < -0.39 is 5.97 Å². The minimum absolute atomic E-state index is 0.0542. The highest BCUT2D eigenvalue weighted by atomic mass is 35.5. The lowest BCUT2D eigenvalue weighted by molar-refractivity contribution is 0.0696.